The lowest BCUT2D eigenvalue weighted by Gasteiger charge is -2.39. The molecule has 0 radical (unpaired) electrons. The van der Waals surface area contributed by atoms with E-state index in [0.717, 1.165) is 16.7 Å². The second kappa shape index (κ2) is 16.8. The number of carbonyl (C=O) groups is 1. The van der Waals surface area contributed by atoms with Gasteiger partial charge in [-0.15, -0.1) is 0 Å². The Morgan fingerprint density at radius 3 is 2.02 bits per heavy atom. The topological polar surface area (TPSA) is 128 Å². The fourth-order valence-electron chi connectivity index (χ4n) is 6.70. The molecule has 0 bridgehead atoms. The predicted octanol–water partition coefficient (Wildman–Crippen LogP) is 8.79. The molecule has 1 amide bonds. The maximum atomic E-state index is 15.2. The van der Waals surface area contributed by atoms with E-state index in [-0.39, 0.29) is 18.3 Å². The standard InChI is InChI=1S/C42H43FN5O7P/c1-41(2,3)55-56(43)52-25-35-34(24-36(53-35)48-27-46-37-38(44-26-45-39(37)48)47-40(49)28-12-8-6-9-13-28)54-42(29-14-10-7-11-15-29,30-16-20-32(50-4)21-17-30)31-18-22-33(51-5)23-19-31/h6-23,26-27,34-36H,24-25H2,1-5H3,(H,44,45,47,49)/t34-,35+,36+,56?/m0/s1. The van der Waals surface area contributed by atoms with Gasteiger partial charge < -0.3 is 33.3 Å². The third kappa shape index (κ3) is 8.42. The summed E-state index contributed by atoms with van der Waals surface area (Å²) in [6, 6.07) is 34.2. The quantitative estimate of drug-likeness (QED) is 0.0847. The average Bonchev–Trinajstić information content (AvgIpc) is 3.84. The molecule has 1 saturated heterocycles. The van der Waals surface area contributed by atoms with Crippen molar-refractivity contribution in [1.82, 2.24) is 19.5 Å². The van der Waals surface area contributed by atoms with Crippen LogP contribution in [-0.4, -0.2) is 64.1 Å². The van der Waals surface area contributed by atoms with E-state index in [1.165, 1.54) is 6.33 Å². The van der Waals surface area contributed by atoms with Gasteiger partial charge in [-0.05, 0) is 73.9 Å². The lowest BCUT2D eigenvalue weighted by atomic mass is 9.79. The van der Waals surface area contributed by atoms with Gasteiger partial charge in [0.15, 0.2) is 17.0 Å². The van der Waals surface area contributed by atoms with Gasteiger partial charge in [-0.25, -0.2) is 15.0 Å². The summed E-state index contributed by atoms with van der Waals surface area (Å²) >= 11 is 0. The van der Waals surface area contributed by atoms with E-state index in [4.69, 9.17) is 28.0 Å². The Kier molecular flexibility index (Phi) is 11.7. The molecule has 1 fully saturated rings. The van der Waals surface area contributed by atoms with Crippen LogP contribution in [0.1, 0.15) is 60.5 Å². The van der Waals surface area contributed by atoms with Crippen molar-refractivity contribution >= 4 is 31.6 Å². The second-order valence-corrected chi connectivity index (χ2v) is 15.0. The number of nitrogens with one attached hydrogen (secondary N) is 1. The number of anilines is 1. The number of hydrogen-bond acceptors (Lipinski definition) is 10. The summed E-state index contributed by atoms with van der Waals surface area (Å²) < 4.78 is 53.4. The van der Waals surface area contributed by atoms with Crippen LogP contribution in [-0.2, 0) is 24.1 Å². The van der Waals surface area contributed by atoms with Gasteiger partial charge in [0.05, 0.1) is 38.9 Å². The summed E-state index contributed by atoms with van der Waals surface area (Å²) in [5, 5.41) is 2.85. The van der Waals surface area contributed by atoms with Gasteiger partial charge in [0.25, 0.3) is 5.91 Å². The van der Waals surface area contributed by atoms with Crippen molar-refractivity contribution in [1.29, 1.82) is 0 Å². The van der Waals surface area contributed by atoms with Crippen molar-refractivity contribution in [3.05, 3.63) is 144 Å². The summed E-state index contributed by atoms with van der Waals surface area (Å²) in [6.45, 7) is 5.12. The molecule has 290 valence electrons. The van der Waals surface area contributed by atoms with E-state index >= 15 is 4.20 Å². The molecule has 1 unspecified atom stereocenters. The summed E-state index contributed by atoms with van der Waals surface area (Å²) in [5.41, 5.74) is 1.81. The van der Waals surface area contributed by atoms with Crippen molar-refractivity contribution in [2.45, 2.75) is 56.8 Å². The number of fused-ring (bicyclic) bond motifs is 1. The van der Waals surface area contributed by atoms with Crippen LogP contribution in [0.25, 0.3) is 11.2 Å². The lowest BCUT2D eigenvalue weighted by Crippen LogP contribution is -2.41. The maximum Gasteiger partial charge on any atom is 0.375 e. The van der Waals surface area contributed by atoms with Crippen molar-refractivity contribution < 1.29 is 37.0 Å². The Labute approximate surface area is 326 Å². The van der Waals surface area contributed by atoms with Gasteiger partial charge in [-0.2, -0.15) is 4.20 Å². The largest absolute Gasteiger partial charge is 0.497 e. The van der Waals surface area contributed by atoms with E-state index in [9.17, 15) is 4.79 Å². The molecule has 1 aliphatic rings. The van der Waals surface area contributed by atoms with E-state index in [2.05, 4.69) is 20.3 Å². The van der Waals surface area contributed by atoms with Crippen molar-refractivity contribution in [3.63, 3.8) is 0 Å². The minimum Gasteiger partial charge on any atom is -0.497 e. The monoisotopic (exact) mass is 779 g/mol. The van der Waals surface area contributed by atoms with Crippen molar-refractivity contribution in [2.24, 2.45) is 0 Å². The molecule has 6 aromatic rings. The van der Waals surface area contributed by atoms with Gasteiger partial charge in [0.1, 0.15) is 35.8 Å². The number of nitrogens with zero attached hydrogens (tertiary/aromatic N) is 4. The van der Waals surface area contributed by atoms with Gasteiger partial charge in [-0.1, -0.05) is 72.8 Å². The van der Waals surface area contributed by atoms with Crippen LogP contribution in [0.15, 0.2) is 122 Å². The number of rotatable bonds is 14. The molecular weight excluding hydrogens is 736 g/mol. The Morgan fingerprint density at radius 2 is 1.43 bits per heavy atom. The Balaban J connectivity index is 1.29. The molecule has 14 heteroatoms. The number of hydrogen-bond donors (Lipinski definition) is 1. The Hall–Kier alpha value is -5.30. The third-order valence-electron chi connectivity index (χ3n) is 9.30. The number of methoxy groups -OCH3 is 2. The van der Waals surface area contributed by atoms with Crippen molar-refractivity contribution in [3.8, 4) is 11.5 Å². The summed E-state index contributed by atoms with van der Waals surface area (Å²) in [6.07, 6.45) is 1.10. The molecule has 0 saturated carbocycles. The fourth-order valence-corrected chi connectivity index (χ4v) is 7.45. The number of amides is 1. The molecular formula is C42H43FN5O7P. The number of aromatic nitrogens is 4. The highest BCUT2D eigenvalue weighted by molar-refractivity contribution is 7.41. The molecule has 7 rings (SSSR count). The minimum atomic E-state index is -2.74. The first-order valence-electron chi connectivity index (χ1n) is 18.1. The van der Waals surface area contributed by atoms with Gasteiger partial charge in [0.2, 0.25) is 0 Å². The number of halogens is 1. The molecule has 0 spiro atoms. The minimum absolute atomic E-state index is 0.171. The lowest BCUT2D eigenvalue weighted by molar-refractivity contribution is -0.0972. The fraction of sp³-hybridized carbons (Fsp3) is 0.286. The van der Waals surface area contributed by atoms with Gasteiger partial charge in [0, 0.05) is 12.0 Å². The highest BCUT2D eigenvalue weighted by Crippen LogP contribution is 2.48. The highest BCUT2D eigenvalue weighted by atomic mass is 31.2. The zero-order valence-electron chi connectivity index (χ0n) is 31.7. The van der Waals surface area contributed by atoms with E-state index in [0.29, 0.717) is 34.6 Å². The summed E-state index contributed by atoms with van der Waals surface area (Å²) in [5.74, 6) is 1.28. The number of imidazole rings is 1. The first-order valence-corrected chi connectivity index (χ1v) is 19.1. The first-order chi connectivity index (χ1) is 27.1. The summed E-state index contributed by atoms with van der Waals surface area (Å²) in [4.78, 5) is 26.5. The zero-order valence-corrected chi connectivity index (χ0v) is 32.6. The van der Waals surface area contributed by atoms with E-state index in [1.54, 1.807) is 70.2 Å². The molecule has 56 heavy (non-hydrogen) atoms. The van der Waals surface area contributed by atoms with Crippen LogP contribution in [0.4, 0.5) is 10.0 Å². The Bertz CT molecular complexity index is 2170. The first kappa shape index (κ1) is 39.0. The molecule has 1 aliphatic heterocycles. The van der Waals surface area contributed by atoms with Gasteiger partial charge >= 0.3 is 8.69 Å². The normalized spacial score (nSPS) is 17.8. The second-order valence-electron chi connectivity index (χ2n) is 14.1. The van der Waals surface area contributed by atoms with Crippen LogP contribution in [0.5, 0.6) is 11.5 Å². The molecule has 12 nitrogen and oxygen atoms in total. The number of carbonyl (C=O) groups excluding carboxylic acids is 1. The molecule has 1 N–H and O–H groups in total. The zero-order chi connectivity index (χ0) is 39.3. The van der Waals surface area contributed by atoms with Crippen LogP contribution in [0.3, 0.4) is 0 Å². The van der Waals surface area contributed by atoms with Crippen LogP contribution in [0, 0.1) is 0 Å². The van der Waals surface area contributed by atoms with Crippen LogP contribution < -0.4 is 14.8 Å². The highest BCUT2D eigenvalue weighted by Gasteiger charge is 2.47. The van der Waals surface area contributed by atoms with Gasteiger partial charge in [-0.3, -0.25) is 9.36 Å². The van der Waals surface area contributed by atoms with E-state index < -0.39 is 38.3 Å². The van der Waals surface area contributed by atoms with E-state index in [1.807, 2.05) is 84.9 Å². The average molecular weight is 780 g/mol. The molecule has 4 aromatic carbocycles. The molecule has 2 aromatic heterocycles. The van der Waals surface area contributed by atoms with Crippen molar-refractivity contribution in [2.75, 3.05) is 26.1 Å². The van der Waals surface area contributed by atoms with Crippen LogP contribution >= 0.6 is 8.69 Å². The number of ether oxygens (including phenoxy) is 4. The Morgan fingerprint density at radius 1 is 0.839 bits per heavy atom. The number of benzene rings is 4. The molecule has 4 atom stereocenters. The predicted molar refractivity (Wildman–Crippen MR) is 210 cm³/mol. The maximum absolute atomic E-state index is 15.2. The van der Waals surface area contributed by atoms with Crippen LogP contribution in [0.2, 0.25) is 0 Å². The molecule has 0 aliphatic carbocycles. The smallest absolute Gasteiger partial charge is 0.375 e. The summed E-state index contributed by atoms with van der Waals surface area (Å²) in [7, 11) is 0.495. The molecule has 3 heterocycles. The SMILES string of the molecule is COc1ccc(C(O[C@H]2C[C@H](n3cnc4c(NC(=O)c5ccccc5)ncnc43)O[C@@H]2COP(F)OC(C)(C)C)(c2ccccc2)c2ccc(OC)cc2)cc1. The third-order valence-corrected chi connectivity index (χ3v) is 10.3.